The molecule has 4 heteroatoms. The van der Waals surface area contributed by atoms with Gasteiger partial charge in [-0.2, -0.15) is 0 Å². The highest BCUT2D eigenvalue weighted by atomic mass is 32.1. The molecule has 0 saturated carbocycles. The number of hydrogen-bond acceptors (Lipinski definition) is 3. The van der Waals surface area contributed by atoms with E-state index in [1.807, 2.05) is 0 Å². The van der Waals surface area contributed by atoms with Crippen molar-refractivity contribution in [2.45, 2.75) is 11.9 Å². The van der Waals surface area contributed by atoms with Gasteiger partial charge in [0.1, 0.15) is 10.8 Å². The Bertz CT molecular complexity index is 438. The highest BCUT2D eigenvalue weighted by molar-refractivity contribution is 7.80. The second-order valence-corrected chi connectivity index (χ2v) is 2.98. The predicted octanol–water partition coefficient (Wildman–Crippen LogP) is 2.56. The lowest BCUT2D eigenvalue weighted by atomic mass is 10.1. The fraction of sp³-hybridized carbons (Fsp3) is 0.125. The van der Waals surface area contributed by atoms with Gasteiger partial charge in [-0.05, 0) is 24.6 Å². The molecule has 12 heavy (non-hydrogen) atoms. The van der Waals surface area contributed by atoms with E-state index >= 15 is 0 Å². The van der Waals surface area contributed by atoms with Gasteiger partial charge >= 0.3 is 0 Å². The highest BCUT2D eigenvalue weighted by Crippen LogP contribution is 2.26. The van der Waals surface area contributed by atoms with Crippen molar-refractivity contribution in [1.82, 2.24) is 5.16 Å². The number of aryl methyl sites for hydroxylation is 1. The van der Waals surface area contributed by atoms with Crippen LogP contribution in [0.3, 0.4) is 0 Å². The Hall–Kier alpha value is -1.03. The zero-order valence-corrected chi connectivity index (χ0v) is 7.23. The SMILES string of the molecule is Cc1c(F)ccc2onc(S)c12. The van der Waals surface area contributed by atoms with Crippen molar-refractivity contribution in [2.75, 3.05) is 0 Å². The quantitative estimate of drug-likeness (QED) is 0.635. The summed E-state index contributed by atoms with van der Waals surface area (Å²) >= 11 is 4.05. The van der Waals surface area contributed by atoms with Gasteiger partial charge in [0.15, 0.2) is 5.58 Å². The summed E-state index contributed by atoms with van der Waals surface area (Å²) in [6, 6.07) is 2.90. The number of nitrogens with zero attached hydrogens (tertiary/aromatic N) is 1. The van der Waals surface area contributed by atoms with Crippen molar-refractivity contribution in [3.63, 3.8) is 0 Å². The van der Waals surface area contributed by atoms with Gasteiger partial charge in [0.05, 0.1) is 5.39 Å². The van der Waals surface area contributed by atoms with E-state index in [0.29, 0.717) is 21.6 Å². The molecule has 0 aliphatic rings. The lowest BCUT2D eigenvalue weighted by Crippen LogP contribution is -1.81. The maximum atomic E-state index is 13.0. The molecule has 1 aromatic carbocycles. The zero-order valence-electron chi connectivity index (χ0n) is 6.34. The average Bonchev–Trinajstić information content (AvgIpc) is 2.41. The molecule has 0 unspecified atom stereocenters. The first kappa shape index (κ1) is 7.61. The third kappa shape index (κ3) is 0.914. The predicted molar refractivity (Wildman–Crippen MR) is 46.0 cm³/mol. The number of thiol groups is 1. The Kier molecular flexibility index (Phi) is 1.58. The van der Waals surface area contributed by atoms with Gasteiger partial charge in [0, 0.05) is 0 Å². The average molecular weight is 183 g/mol. The molecule has 0 aliphatic carbocycles. The first-order valence-electron chi connectivity index (χ1n) is 3.43. The van der Waals surface area contributed by atoms with E-state index in [1.54, 1.807) is 13.0 Å². The summed E-state index contributed by atoms with van der Waals surface area (Å²) in [7, 11) is 0. The maximum absolute atomic E-state index is 13.0. The van der Waals surface area contributed by atoms with Gasteiger partial charge in [0.2, 0.25) is 0 Å². The smallest absolute Gasteiger partial charge is 0.168 e. The van der Waals surface area contributed by atoms with Crippen LogP contribution < -0.4 is 0 Å². The van der Waals surface area contributed by atoms with Crippen LogP contribution in [0.5, 0.6) is 0 Å². The fourth-order valence-electron chi connectivity index (χ4n) is 1.15. The Morgan fingerprint density at radius 2 is 2.25 bits per heavy atom. The van der Waals surface area contributed by atoms with Gasteiger partial charge in [-0.25, -0.2) is 4.39 Å². The van der Waals surface area contributed by atoms with Crippen LogP contribution in [0.25, 0.3) is 11.0 Å². The Morgan fingerprint density at radius 1 is 1.50 bits per heavy atom. The number of rotatable bonds is 0. The van der Waals surface area contributed by atoms with Gasteiger partial charge in [-0.15, -0.1) is 12.6 Å². The molecular weight excluding hydrogens is 177 g/mol. The molecular formula is C8H6FNOS. The van der Waals surface area contributed by atoms with E-state index in [1.165, 1.54) is 6.07 Å². The van der Waals surface area contributed by atoms with Crippen molar-refractivity contribution < 1.29 is 8.91 Å². The van der Waals surface area contributed by atoms with E-state index in [9.17, 15) is 4.39 Å². The van der Waals surface area contributed by atoms with E-state index in [0.717, 1.165) is 0 Å². The first-order valence-corrected chi connectivity index (χ1v) is 3.88. The van der Waals surface area contributed by atoms with Crippen LogP contribution in [-0.4, -0.2) is 5.16 Å². The summed E-state index contributed by atoms with van der Waals surface area (Å²) in [5.74, 6) is -0.263. The van der Waals surface area contributed by atoms with Crippen LogP contribution in [0.1, 0.15) is 5.56 Å². The van der Waals surface area contributed by atoms with Gasteiger partial charge in [-0.3, -0.25) is 0 Å². The largest absolute Gasteiger partial charge is 0.355 e. The third-order valence-corrected chi connectivity index (χ3v) is 2.12. The maximum Gasteiger partial charge on any atom is 0.168 e. The molecule has 1 aromatic heterocycles. The monoisotopic (exact) mass is 183 g/mol. The molecule has 1 heterocycles. The number of hydrogen-bond donors (Lipinski definition) is 1. The molecule has 0 N–H and O–H groups in total. The minimum atomic E-state index is -0.263. The van der Waals surface area contributed by atoms with Crippen molar-refractivity contribution in [3.05, 3.63) is 23.5 Å². The van der Waals surface area contributed by atoms with Crippen molar-refractivity contribution in [1.29, 1.82) is 0 Å². The van der Waals surface area contributed by atoms with E-state index in [2.05, 4.69) is 17.8 Å². The standard InChI is InChI=1S/C8H6FNOS/c1-4-5(9)2-3-6-7(4)8(12)10-11-6/h2-3H,1H3,(H,10,12). The van der Waals surface area contributed by atoms with Crippen LogP contribution >= 0.6 is 12.6 Å². The van der Waals surface area contributed by atoms with Crippen LogP contribution in [-0.2, 0) is 0 Å². The molecule has 0 radical (unpaired) electrons. The summed E-state index contributed by atoms with van der Waals surface area (Å²) in [6.45, 7) is 1.68. The van der Waals surface area contributed by atoms with Gasteiger partial charge in [0.25, 0.3) is 0 Å². The third-order valence-electron chi connectivity index (χ3n) is 1.81. The number of halogens is 1. The lowest BCUT2D eigenvalue weighted by Gasteiger charge is -1.95. The van der Waals surface area contributed by atoms with Crippen LogP contribution in [0.2, 0.25) is 0 Å². The Balaban J connectivity index is 2.96. The molecule has 2 aromatic rings. The van der Waals surface area contributed by atoms with E-state index in [-0.39, 0.29) is 5.82 Å². The van der Waals surface area contributed by atoms with Crippen LogP contribution in [0.15, 0.2) is 21.7 Å². The summed E-state index contributed by atoms with van der Waals surface area (Å²) < 4.78 is 17.9. The number of fused-ring (bicyclic) bond motifs is 1. The summed E-state index contributed by atoms with van der Waals surface area (Å²) in [4.78, 5) is 0. The molecule has 2 nitrogen and oxygen atoms in total. The van der Waals surface area contributed by atoms with Crippen molar-refractivity contribution in [3.8, 4) is 0 Å². The summed E-state index contributed by atoms with van der Waals surface area (Å²) in [5, 5.41) is 4.70. The number of benzene rings is 1. The molecule has 0 fully saturated rings. The lowest BCUT2D eigenvalue weighted by molar-refractivity contribution is 0.437. The molecule has 0 aliphatic heterocycles. The summed E-state index contributed by atoms with van der Waals surface area (Å²) in [5.41, 5.74) is 1.10. The molecule has 0 amide bonds. The first-order chi connectivity index (χ1) is 5.70. The van der Waals surface area contributed by atoms with Crippen LogP contribution in [0, 0.1) is 12.7 Å². The molecule has 62 valence electrons. The minimum Gasteiger partial charge on any atom is -0.355 e. The minimum absolute atomic E-state index is 0.263. The molecule has 0 bridgehead atoms. The summed E-state index contributed by atoms with van der Waals surface area (Å²) in [6.07, 6.45) is 0. The molecule has 0 saturated heterocycles. The second kappa shape index (κ2) is 2.48. The van der Waals surface area contributed by atoms with Crippen molar-refractivity contribution >= 4 is 23.6 Å². The normalized spacial score (nSPS) is 10.9. The highest BCUT2D eigenvalue weighted by Gasteiger charge is 2.10. The number of aromatic nitrogens is 1. The topological polar surface area (TPSA) is 26.0 Å². The molecule has 0 atom stereocenters. The Labute approximate surface area is 73.8 Å². The van der Waals surface area contributed by atoms with Crippen molar-refractivity contribution in [2.24, 2.45) is 0 Å². The molecule has 2 rings (SSSR count). The Morgan fingerprint density at radius 3 is 3.00 bits per heavy atom. The van der Waals surface area contributed by atoms with Crippen LogP contribution in [0.4, 0.5) is 4.39 Å². The second-order valence-electron chi connectivity index (χ2n) is 2.55. The van der Waals surface area contributed by atoms with Gasteiger partial charge < -0.3 is 4.52 Å². The van der Waals surface area contributed by atoms with E-state index < -0.39 is 0 Å². The van der Waals surface area contributed by atoms with Gasteiger partial charge in [-0.1, -0.05) is 5.16 Å². The fourth-order valence-corrected chi connectivity index (χ4v) is 1.47. The van der Waals surface area contributed by atoms with E-state index in [4.69, 9.17) is 4.52 Å². The zero-order chi connectivity index (χ0) is 8.72. The molecule has 0 spiro atoms.